The fourth-order valence-corrected chi connectivity index (χ4v) is 1.55. The smallest absolute Gasteiger partial charge is 0.345 e. The molecular formula is C10H10O5. The van der Waals surface area contributed by atoms with E-state index in [1.54, 1.807) is 12.1 Å². The fourth-order valence-electron chi connectivity index (χ4n) is 1.55. The van der Waals surface area contributed by atoms with Gasteiger partial charge in [0, 0.05) is 12.7 Å². The zero-order chi connectivity index (χ0) is 11.0. The van der Waals surface area contributed by atoms with Crippen molar-refractivity contribution in [3.63, 3.8) is 0 Å². The van der Waals surface area contributed by atoms with E-state index in [1.165, 1.54) is 14.2 Å². The molecular weight excluding hydrogens is 200 g/mol. The maximum absolute atomic E-state index is 11.3. The molecule has 0 amide bonds. The molecule has 1 aliphatic rings. The predicted octanol–water partition coefficient (Wildman–Crippen LogP) is 1.01. The highest BCUT2D eigenvalue weighted by Gasteiger charge is 2.36. The summed E-state index contributed by atoms with van der Waals surface area (Å²) in [6, 6.07) is 3.19. The molecule has 5 heteroatoms. The third kappa shape index (κ3) is 1.32. The van der Waals surface area contributed by atoms with Crippen LogP contribution in [0.15, 0.2) is 12.1 Å². The first-order valence-corrected chi connectivity index (χ1v) is 4.33. The van der Waals surface area contributed by atoms with Gasteiger partial charge in [-0.3, -0.25) is 0 Å². The number of esters is 1. The highest BCUT2D eigenvalue weighted by Crippen LogP contribution is 2.46. The van der Waals surface area contributed by atoms with E-state index in [-0.39, 0.29) is 17.2 Å². The van der Waals surface area contributed by atoms with Gasteiger partial charge in [0.05, 0.1) is 7.11 Å². The summed E-state index contributed by atoms with van der Waals surface area (Å²) in [5, 5.41) is 9.68. The Bertz CT molecular complexity index is 413. The molecule has 1 N–H and O–H groups in total. The number of methoxy groups -OCH3 is 2. The number of carbonyl (C=O) groups excluding carboxylic acids is 1. The molecule has 1 aliphatic heterocycles. The molecule has 1 atom stereocenters. The standard InChI is InChI=1S/C10H10O5/c1-13-6-4-3-5-8(7(6)11)15-10(12)9(5)14-2/h3-4,9,11H,1-2H3. The summed E-state index contributed by atoms with van der Waals surface area (Å²) in [5.74, 6) is -0.330. The van der Waals surface area contributed by atoms with Crippen LogP contribution in [0.1, 0.15) is 11.7 Å². The number of hydrogen-bond donors (Lipinski definition) is 1. The van der Waals surface area contributed by atoms with Crippen molar-refractivity contribution in [1.82, 2.24) is 0 Å². The normalized spacial score (nSPS) is 18.5. The molecule has 15 heavy (non-hydrogen) atoms. The van der Waals surface area contributed by atoms with Crippen LogP contribution in [0.2, 0.25) is 0 Å². The predicted molar refractivity (Wildman–Crippen MR) is 50.0 cm³/mol. The number of aromatic hydroxyl groups is 1. The lowest BCUT2D eigenvalue weighted by Gasteiger charge is -2.07. The first-order valence-electron chi connectivity index (χ1n) is 4.33. The summed E-state index contributed by atoms with van der Waals surface area (Å²) in [6.45, 7) is 0. The topological polar surface area (TPSA) is 65.0 Å². The number of ether oxygens (including phenoxy) is 3. The van der Waals surface area contributed by atoms with Crippen LogP contribution in [0.5, 0.6) is 17.2 Å². The van der Waals surface area contributed by atoms with E-state index in [0.29, 0.717) is 5.56 Å². The van der Waals surface area contributed by atoms with Crippen LogP contribution in [0, 0.1) is 0 Å². The molecule has 0 spiro atoms. The molecule has 0 saturated carbocycles. The second-order valence-electron chi connectivity index (χ2n) is 3.07. The summed E-state index contributed by atoms with van der Waals surface area (Å²) in [7, 11) is 2.83. The van der Waals surface area contributed by atoms with Crippen LogP contribution < -0.4 is 9.47 Å². The number of phenols is 1. The summed E-state index contributed by atoms with van der Waals surface area (Å²) < 4.78 is 14.7. The van der Waals surface area contributed by atoms with E-state index in [9.17, 15) is 9.90 Å². The van der Waals surface area contributed by atoms with E-state index in [2.05, 4.69) is 0 Å². The average Bonchev–Trinajstić information content (AvgIpc) is 2.56. The van der Waals surface area contributed by atoms with Crippen LogP contribution in [0.25, 0.3) is 0 Å². The van der Waals surface area contributed by atoms with Crippen molar-refractivity contribution in [1.29, 1.82) is 0 Å². The van der Waals surface area contributed by atoms with Gasteiger partial charge in [-0.15, -0.1) is 0 Å². The third-order valence-electron chi connectivity index (χ3n) is 2.28. The molecule has 2 rings (SSSR count). The minimum atomic E-state index is -0.767. The van der Waals surface area contributed by atoms with Crippen molar-refractivity contribution in [3.8, 4) is 17.2 Å². The molecule has 0 aromatic heterocycles. The van der Waals surface area contributed by atoms with Gasteiger partial charge in [0.25, 0.3) is 0 Å². The van der Waals surface area contributed by atoms with Crippen molar-refractivity contribution in [2.45, 2.75) is 6.10 Å². The summed E-state index contributed by atoms with van der Waals surface area (Å²) in [5.41, 5.74) is 0.515. The van der Waals surface area contributed by atoms with Gasteiger partial charge in [0.2, 0.25) is 5.75 Å². The average molecular weight is 210 g/mol. The maximum atomic E-state index is 11.3. The van der Waals surface area contributed by atoms with Gasteiger partial charge in [0.1, 0.15) is 0 Å². The van der Waals surface area contributed by atoms with Crippen molar-refractivity contribution in [2.24, 2.45) is 0 Å². The van der Waals surface area contributed by atoms with Crippen molar-refractivity contribution in [3.05, 3.63) is 17.7 Å². The molecule has 0 saturated heterocycles. The highest BCUT2D eigenvalue weighted by molar-refractivity contribution is 5.86. The molecule has 1 unspecified atom stereocenters. The molecule has 1 aromatic carbocycles. The number of fused-ring (bicyclic) bond motifs is 1. The van der Waals surface area contributed by atoms with Gasteiger partial charge in [0.15, 0.2) is 17.6 Å². The Morgan fingerprint density at radius 1 is 1.40 bits per heavy atom. The highest BCUT2D eigenvalue weighted by atomic mass is 16.6. The molecule has 0 radical (unpaired) electrons. The summed E-state index contributed by atoms with van der Waals surface area (Å²) in [6.07, 6.45) is -0.767. The van der Waals surface area contributed by atoms with Crippen LogP contribution in [0.3, 0.4) is 0 Å². The molecule has 1 heterocycles. The molecule has 1 aromatic rings. The number of phenolic OH excluding ortho intramolecular Hbond substituents is 1. The molecule has 0 fully saturated rings. The lowest BCUT2D eigenvalue weighted by molar-refractivity contribution is -0.142. The number of carbonyl (C=O) groups is 1. The largest absolute Gasteiger partial charge is 0.502 e. The Hall–Kier alpha value is -1.75. The second kappa shape index (κ2) is 3.43. The molecule has 5 nitrogen and oxygen atoms in total. The lowest BCUT2D eigenvalue weighted by Crippen LogP contribution is -2.11. The van der Waals surface area contributed by atoms with Crippen LogP contribution in [-0.4, -0.2) is 25.3 Å². The van der Waals surface area contributed by atoms with E-state index in [1.807, 2.05) is 0 Å². The summed E-state index contributed by atoms with van der Waals surface area (Å²) >= 11 is 0. The Morgan fingerprint density at radius 3 is 2.73 bits per heavy atom. The summed E-state index contributed by atoms with van der Waals surface area (Å²) in [4.78, 5) is 11.3. The minimum absolute atomic E-state index is 0.117. The Balaban J connectivity index is 2.53. The Morgan fingerprint density at radius 2 is 2.13 bits per heavy atom. The van der Waals surface area contributed by atoms with E-state index in [4.69, 9.17) is 14.2 Å². The Labute approximate surface area is 86.2 Å². The Kier molecular flexibility index (Phi) is 2.24. The van der Waals surface area contributed by atoms with Crippen molar-refractivity contribution in [2.75, 3.05) is 14.2 Å². The van der Waals surface area contributed by atoms with Crippen molar-refractivity contribution < 1.29 is 24.1 Å². The number of benzene rings is 1. The van der Waals surface area contributed by atoms with Gasteiger partial charge >= 0.3 is 5.97 Å². The maximum Gasteiger partial charge on any atom is 0.345 e. The van der Waals surface area contributed by atoms with Gasteiger partial charge in [-0.05, 0) is 12.1 Å². The molecule has 0 aliphatic carbocycles. The van der Waals surface area contributed by atoms with Gasteiger partial charge < -0.3 is 19.3 Å². The zero-order valence-electron chi connectivity index (χ0n) is 8.31. The lowest BCUT2D eigenvalue weighted by atomic mass is 10.1. The van der Waals surface area contributed by atoms with Gasteiger partial charge in [-0.2, -0.15) is 0 Å². The number of rotatable bonds is 2. The number of hydrogen-bond acceptors (Lipinski definition) is 5. The SMILES string of the molecule is COc1ccc2c(c1O)OC(=O)C2OC. The van der Waals surface area contributed by atoms with Gasteiger partial charge in [-0.1, -0.05) is 0 Å². The zero-order valence-corrected chi connectivity index (χ0v) is 8.31. The quantitative estimate of drug-likeness (QED) is 0.582. The monoisotopic (exact) mass is 210 g/mol. The van der Waals surface area contributed by atoms with E-state index < -0.39 is 12.1 Å². The fraction of sp³-hybridized carbons (Fsp3) is 0.300. The van der Waals surface area contributed by atoms with E-state index in [0.717, 1.165) is 0 Å². The van der Waals surface area contributed by atoms with Gasteiger partial charge in [-0.25, -0.2) is 4.79 Å². The molecule has 0 bridgehead atoms. The minimum Gasteiger partial charge on any atom is -0.502 e. The molecule has 80 valence electrons. The van der Waals surface area contributed by atoms with Crippen LogP contribution >= 0.6 is 0 Å². The van der Waals surface area contributed by atoms with E-state index >= 15 is 0 Å². The first-order chi connectivity index (χ1) is 7.19. The van der Waals surface area contributed by atoms with Crippen LogP contribution in [-0.2, 0) is 9.53 Å². The third-order valence-corrected chi connectivity index (χ3v) is 2.28. The first kappa shape index (κ1) is 9.79. The van der Waals surface area contributed by atoms with Crippen LogP contribution in [0.4, 0.5) is 0 Å². The second-order valence-corrected chi connectivity index (χ2v) is 3.07. The van der Waals surface area contributed by atoms with Crippen molar-refractivity contribution >= 4 is 5.97 Å².